The van der Waals surface area contributed by atoms with Crippen LogP contribution in [0.3, 0.4) is 0 Å². The molecule has 0 amide bonds. The van der Waals surface area contributed by atoms with E-state index in [1.807, 2.05) is 0 Å². The van der Waals surface area contributed by atoms with Gasteiger partial charge in [-0.05, 0) is 12.8 Å². The van der Waals surface area contributed by atoms with Gasteiger partial charge in [0, 0.05) is 12.2 Å². The lowest BCUT2D eigenvalue weighted by Crippen LogP contribution is -2.12. The molecule has 0 fully saturated rings. The molecule has 0 aliphatic heterocycles. The Labute approximate surface area is 70.9 Å². The Morgan fingerprint density at radius 3 is 2.45 bits per heavy atom. The predicted octanol–water partition coefficient (Wildman–Crippen LogP) is 3.08. The Kier molecular flexibility index (Phi) is 7.33. The van der Waals surface area contributed by atoms with Crippen LogP contribution >= 0.6 is 0 Å². The fraction of sp³-hybridized carbons (Fsp3) is 0.800. The second-order valence-corrected chi connectivity index (χ2v) is 2.94. The molecule has 1 N–H and O–H groups in total. The molecule has 0 aromatic carbocycles. The Balaban J connectivity index is 2.95. The largest absolute Gasteiger partial charge is 0.389 e. The number of hydrogen-bond donors (Lipinski definition) is 1. The molecule has 0 aliphatic rings. The summed E-state index contributed by atoms with van der Waals surface area (Å²) in [5.41, 5.74) is 1.17. The molecular formula is C10H21N. The summed E-state index contributed by atoms with van der Waals surface area (Å²) in [6.07, 6.45) is 6.36. The highest BCUT2D eigenvalue weighted by Gasteiger charge is 1.88. The summed E-state index contributed by atoms with van der Waals surface area (Å²) >= 11 is 0. The van der Waals surface area contributed by atoms with Crippen molar-refractivity contribution in [2.24, 2.45) is 0 Å². The predicted molar refractivity (Wildman–Crippen MR) is 51.6 cm³/mol. The van der Waals surface area contributed by atoms with Crippen LogP contribution in [0.2, 0.25) is 0 Å². The number of rotatable bonds is 7. The molecule has 0 aromatic rings. The van der Waals surface area contributed by atoms with E-state index in [-0.39, 0.29) is 0 Å². The molecule has 0 radical (unpaired) electrons. The zero-order chi connectivity index (χ0) is 8.53. The quantitative estimate of drug-likeness (QED) is 0.557. The summed E-state index contributed by atoms with van der Waals surface area (Å²) in [7, 11) is 0. The summed E-state index contributed by atoms with van der Waals surface area (Å²) in [5, 5.41) is 3.30. The molecule has 0 aliphatic carbocycles. The SMILES string of the molecule is C=C(CC)NCCCCCC. The first-order valence-electron chi connectivity index (χ1n) is 4.72. The van der Waals surface area contributed by atoms with Crippen molar-refractivity contribution in [3.63, 3.8) is 0 Å². The van der Waals surface area contributed by atoms with Crippen molar-refractivity contribution in [1.29, 1.82) is 0 Å². The van der Waals surface area contributed by atoms with E-state index >= 15 is 0 Å². The summed E-state index contributed by atoms with van der Waals surface area (Å²) in [6.45, 7) is 9.34. The third kappa shape index (κ3) is 7.44. The van der Waals surface area contributed by atoms with E-state index in [4.69, 9.17) is 0 Å². The van der Waals surface area contributed by atoms with E-state index in [9.17, 15) is 0 Å². The molecule has 0 heterocycles. The highest BCUT2D eigenvalue weighted by Crippen LogP contribution is 1.98. The standard InChI is InChI=1S/C10H21N/c1-4-6-7-8-9-11-10(3)5-2/h11H,3-9H2,1-2H3. The summed E-state index contributed by atoms with van der Waals surface area (Å²) in [4.78, 5) is 0. The van der Waals surface area contributed by atoms with Gasteiger partial charge in [-0.1, -0.05) is 39.7 Å². The van der Waals surface area contributed by atoms with Crippen molar-refractivity contribution in [1.82, 2.24) is 5.32 Å². The molecule has 0 unspecified atom stereocenters. The van der Waals surface area contributed by atoms with Crippen molar-refractivity contribution >= 4 is 0 Å². The normalized spacial score (nSPS) is 9.64. The minimum atomic E-state index is 1.05. The Morgan fingerprint density at radius 1 is 1.18 bits per heavy atom. The fourth-order valence-corrected chi connectivity index (χ4v) is 0.942. The summed E-state index contributed by atoms with van der Waals surface area (Å²) < 4.78 is 0. The summed E-state index contributed by atoms with van der Waals surface area (Å²) in [6, 6.07) is 0. The van der Waals surface area contributed by atoms with Gasteiger partial charge in [0.1, 0.15) is 0 Å². The van der Waals surface area contributed by atoms with E-state index < -0.39 is 0 Å². The number of hydrogen-bond acceptors (Lipinski definition) is 1. The second-order valence-electron chi connectivity index (χ2n) is 2.94. The average molecular weight is 155 g/mol. The van der Waals surface area contributed by atoms with Crippen LogP contribution < -0.4 is 5.32 Å². The third-order valence-electron chi connectivity index (χ3n) is 1.83. The van der Waals surface area contributed by atoms with E-state index in [1.165, 1.54) is 31.4 Å². The first-order valence-corrected chi connectivity index (χ1v) is 4.72. The first-order chi connectivity index (χ1) is 5.31. The summed E-state index contributed by atoms with van der Waals surface area (Å²) in [5.74, 6) is 0. The smallest absolute Gasteiger partial charge is 0.0143 e. The molecule has 0 atom stereocenters. The molecule has 1 heteroatoms. The Hall–Kier alpha value is -0.460. The first kappa shape index (κ1) is 10.5. The van der Waals surface area contributed by atoms with Crippen LogP contribution in [0.4, 0.5) is 0 Å². The topological polar surface area (TPSA) is 12.0 Å². The van der Waals surface area contributed by atoms with Crippen molar-refractivity contribution in [2.75, 3.05) is 6.54 Å². The third-order valence-corrected chi connectivity index (χ3v) is 1.83. The van der Waals surface area contributed by atoms with E-state index in [2.05, 4.69) is 25.7 Å². The second kappa shape index (κ2) is 7.64. The lowest BCUT2D eigenvalue weighted by molar-refractivity contribution is 0.629. The van der Waals surface area contributed by atoms with Crippen LogP contribution in [0, 0.1) is 0 Å². The molecule has 66 valence electrons. The maximum absolute atomic E-state index is 3.88. The molecular weight excluding hydrogens is 134 g/mol. The molecule has 11 heavy (non-hydrogen) atoms. The van der Waals surface area contributed by atoms with Gasteiger partial charge < -0.3 is 5.32 Å². The van der Waals surface area contributed by atoms with Gasteiger partial charge in [0.05, 0.1) is 0 Å². The lowest BCUT2D eigenvalue weighted by Gasteiger charge is -2.05. The van der Waals surface area contributed by atoms with Crippen LogP contribution in [0.5, 0.6) is 0 Å². The van der Waals surface area contributed by atoms with Crippen molar-refractivity contribution in [2.45, 2.75) is 46.0 Å². The highest BCUT2D eigenvalue weighted by atomic mass is 14.9. The van der Waals surface area contributed by atoms with Crippen LogP contribution in [0.15, 0.2) is 12.3 Å². The number of unbranched alkanes of at least 4 members (excludes halogenated alkanes) is 3. The maximum Gasteiger partial charge on any atom is 0.0143 e. The Bertz CT molecular complexity index is 97.0. The fourth-order valence-electron chi connectivity index (χ4n) is 0.942. The van der Waals surface area contributed by atoms with E-state index in [0.29, 0.717) is 0 Å². The number of nitrogens with one attached hydrogen (secondary N) is 1. The van der Waals surface area contributed by atoms with Gasteiger partial charge in [-0.2, -0.15) is 0 Å². The van der Waals surface area contributed by atoms with Gasteiger partial charge in [-0.15, -0.1) is 0 Å². The lowest BCUT2D eigenvalue weighted by atomic mass is 10.2. The number of allylic oxidation sites excluding steroid dienone is 1. The van der Waals surface area contributed by atoms with Crippen molar-refractivity contribution < 1.29 is 0 Å². The highest BCUT2D eigenvalue weighted by molar-refractivity contribution is 4.88. The molecule has 0 spiro atoms. The van der Waals surface area contributed by atoms with E-state index in [0.717, 1.165) is 13.0 Å². The minimum Gasteiger partial charge on any atom is -0.389 e. The monoisotopic (exact) mass is 155 g/mol. The van der Waals surface area contributed by atoms with Crippen LogP contribution in [-0.2, 0) is 0 Å². The Morgan fingerprint density at radius 2 is 1.91 bits per heavy atom. The van der Waals surface area contributed by atoms with Gasteiger partial charge in [-0.25, -0.2) is 0 Å². The zero-order valence-corrected chi connectivity index (χ0v) is 7.95. The van der Waals surface area contributed by atoms with E-state index in [1.54, 1.807) is 0 Å². The van der Waals surface area contributed by atoms with Gasteiger partial charge in [0.15, 0.2) is 0 Å². The molecule has 0 saturated carbocycles. The zero-order valence-electron chi connectivity index (χ0n) is 7.95. The van der Waals surface area contributed by atoms with Crippen molar-refractivity contribution in [3.8, 4) is 0 Å². The van der Waals surface area contributed by atoms with Crippen LogP contribution in [0.1, 0.15) is 46.0 Å². The van der Waals surface area contributed by atoms with Gasteiger partial charge in [0.25, 0.3) is 0 Å². The molecule has 1 nitrogen and oxygen atoms in total. The molecule has 0 bridgehead atoms. The molecule has 0 aromatic heterocycles. The molecule has 0 saturated heterocycles. The van der Waals surface area contributed by atoms with Gasteiger partial charge >= 0.3 is 0 Å². The van der Waals surface area contributed by atoms with Gasteiger partial charge in [-0.3, -0.25) is 0 Å². The van der Waals surface area contributed by atoms with Crippen molar-refractivity contribution in [3.05, 3.63) is 12.3 Å². The van der Waals surface area contributed by atoms with Gasteiger partial charge in [0.2, 0.25) is 0 Å². The maximum atomic E-state index is 3.88. The minimum absolute atomic E-state index is 1.05. The average Bonchev–Trinajstić information content (AvgIpc) is 2.04. The molecule has 0 rings (SSSR count). The van der Waals surface area contributed by atoms with Crippen LogP contribution in [0.25, 0.3) is 0 Å². The van der Waals surface area contributed by atoms with Crippen LogP contribution in [-0.4, -0.2) is 6.54 Å².